The molecule has 0 aromatic heterocycles. The Labute approximate surface area is 202 Å². The van der Waals surface area contributed by atoms with E-state index >= 15 is 0 Å². The molecule has 8 heteroatoms. The van der Waals surface area contributed by atoms with Gasteiger partial charge in [-0.2, -0.15) is 0 Å². The number of aryl methyl sites for hydroxylation is 3. The van der Waals surface area contributed by atoms with Crippen LogP contribution in [0.2, 0.25) is 0 Å². The van der Waals surface area contributed by atoms with Crippen molar-refractivity contribution >= 4 is 40.9 Å². The number of nitrogens with one attached hydrogen (secondary N) is 3. The van der Waals surface area contributed by atoms with Crippen molar-refractivity contribution in [1.29, 1.82) is 0 Å². The summed E-state index contributed by atoms with van der Waals surface area (Å²) in [6, 6.07) is 16.3. The van der Waals surface area contributed by atoms with Crippen LogP contribution in [-0.4, -0.2) is 30.0 Å². The quantitative estimate of drug-likeness (QED) is 0.403. The predicted octanol–water partition coefficient (Wildman–Crippen LogP) is 4.85. The maximum Gasteiger partial charge on any atom is 0.252 e. The Bertz CT molecular complexity index is 1190. The highest BCUT2D eigenvalue weighted by Gasteiger charge is 2.15. The third kappa shape index (κ3) is 6.92. The van der Waals surface area contributed by atoms with Gasteiger partial charge in [-0.3, -0.25) is 14.4 Å². The molecule has 0 aliphatic rings. The lowest BCUT2D eigenvalue weighted by molar-refractivity contribution is -0.115. The van der Waals surface area contributed by atoms with Crippen molar-refractivity contribution in [3.05, 3.63) is 88.7 Å². The molecule has 176 valence electrons. The molecule has 3 aromatic rings. The van der Waals surface area contributed by atoms with E-state index in [0.29, 0.717) is 16.1 Å². The van der Waals surface area contributed by atoms with Crippen molar-refractivity contribution in [2.45, 2.75) is 25.7 Å². The molecule has 6 nitrogen and oxygen atoms in total. The first kappa shape index (κ1) is 25.0. The van der Waals surface area contributed by atoms with E-state index in [0.717, 1.165) is 22.4 Å². The molecule has 0 aliphatic carbocycles. The van der Waals surface area contributed by atoms with E-state index in [1.807, 2.05) is 32.9 Å². The topological polar surface area (TPSA) is 87.3 Å². The molecule has 0 unspecified atom stereocenters. The molecule has 34 heavy (non-hydrogen) atoms. The highest BCUT2D eigenvalue weighted by molar-refractivity contribution is 8.00. The zero-order valence-corrected chi connectivity index (χ0v) is 20.0. The molecular weight excluding hydrogens is 453 g/mol. The fraction of sp³-hybridized carbons (Fsp3) is 0.192. The number of carbonyl (C=O) groups excluding carboxylic acids is 3. The zero-order chi connectivity index (χ0) is 24.7. The second kappa shape index (κ2) is 11.5. The van der Waals surface area contributed by atoms with Crippen LogP contribution in [0.3, 0.4) is 0 Å². The van der Waals surface area contributed by atoms with Crippen LogP contribution < -0.4 is 16.0 Å². The van der Waals surface area contributed by atoms with Gasteiger partial charge in [-0.25, -0.2) is 4.39 Å². The van der Waals surface area contributed by atoms with Crippen LogP contribution in [0, 0.1) is 26.6 Å². The van der Waals surface area contributed by atoms with Crippen LogP contribution in [-0.2, 0) is 9.59 Å². The Balaban J connectivity index is 1.56. The maximum absolute atomic E-state index is 13.0. The SMILES string of the molecule is Cc1cc(C)c(NC(=O)CNC(=O)c2ccccc2SCC(=O)Nc2ccc(F)cc2)c(C)c1. The van der Waals surface area contributed by atoms with Gasteiger partial charge >= 0.3 is 0 Å². The fourth-order valence-electron chi connectivity index (χ4n) is 3.47. The van der Waals surface area contributed by atoms with Crippen LogP contribution in [0.5, 0.6) is 0 Å². The average Bonchev–Trinajstić information content (AvgIpc) is 2.80. The molecule has 3 aromatic carbocycles. The minimum absolute atomic E-state index is 0.0636. The minimum Gasteiger partial charge on any atom is -0.343 e. The third-order valence-electron chi connectivity index (χ3n) is 4.97. The second-order valence-corrected chi connectivity index (χ2v) is 8.86. The number of hydrogen-bond acceptors (Lipinski definition) is 4. The molecular formula is C26H26FN3O3S. The predicted molar refractivity (Wildman–Crippen MR) is 134 cm³/mol. The molecule has 0 radical (unpaired) electrons. The van der Waals surface area contributed by atoms with E-state index in [9.17, 15) is 18.8 Å². The van der Waals surface area contributed by atoms with E-state index in [4.69, 9.17) is 0 Å². The lowest BCUT2D eigenvalue weighted by atomic mass is 10.1. The smallest absolute Gasteiger partial charge is 0.252 e. The molecule has 0 fully saturated rings. The first-order valence-electron chi connectivity index (χ1n) is 10.7. The molecule has 3 rings (SSSR count). The summed E-state index contributed by atoms with van der Waals surface area (Å²) in [5.41, 5.74) is 4.63. The molecule has 3 amide bonds. The zero-order valence-electron chi connectivity index (χ0n) is 19.2. The Morgan fingerprint density at radius 2 is 1.50 bits per heavy atom. The summed E-state index contributed by atoms with van der Waals surface area (Å²) in [5.74, 6) is -1.34. The summed E-state index contributed by atoms with van der Waals surface area (Å²) in [6.45, 7) is 5.66. The summed E-state index contributed by atoms with van der Waals surface area (Å²) in [7, 11) is 0. The number of halogens is 1. The highest BCUT2D eigenvalue weighted by Crippen LogP contribution is 2.24. The van der Waals surface area contributed by atoms with Gasteiger partial charge in [-0.1, -0.05) is 29.8 Å². The van der Waals surface area contributed by atoms with Crippen molar-refractivity contribution < 1.29 is 18.8 Å². The number of benzene rings is 3. The number of rotatable bonds is 8. The van der Waals surface area contributed by atoms with Gasteiger partial charge in [-0.05, 0) is 68.3 Å². The number of hydrogen-bond donors (Lipinski definition) is 3. The molecule has 0 saturated carbocycles. The van der Waals surface area contributed by atoms with E-state index in [1.54, 1.807) is 24.3 Å². The van der Waals surface area contributed by atoms with Crippen LogP contribution in [0.15, 0.2) is 65.6 Å². The number of thioether (sulfide) groups is 1. The van der Waals surface area contributed by atoms with Crippen molar-refractivity contribution in [3.8, 4) is 0 Å². The van der Waals surface area contributed by atoms with E-state index in [-0.39, 0.29) is 29.9 Å². The highest BCUT2D eigenvalue weighted by atomic mass is 32.2. The molecule has 0 atom stereocenters. The number of anilines is 2. The van der Waals surface area contributed by atoms with E-state index in [2.05, 4.69) is 16.0 Å². The number of carbonyl (C=O) groups is 3. The molecule has 0 bridgehead atoms. The van der Waals surface area contributed by atoms with Crippen LogP contribution in [0.4, 0.5) is 15.8 Å². The second-order valence-electron chi connectivity index (χ2n) is 7.84. The van der Waals surface area contributed by atoms with Crippen molar-refractivity contribution in [1.82, 2.24) is 5.32 Å². The van der Waals surface area contributed by atoms with E-state index < -0.39 is 5.91 Å². The summed E-state index contributed by atoms with van der Waals surface area (Å²) < 4.78 is 13.0. The lowest BCUT2D eigenvalue weighted by Crippen LogP contribution is -2.33. The van der Waals surface area contributed by atoms with Gasteiger partial charge in [0.05, 0.1) is 17.9 Å². The first-order valence-corrected chi connectivity index (χ1v) is 11.6. The minimum atomic E-state index is -0.408. The summed E-state index contributed by atoms with van der Waals surface area (Å²) >= 11 is 1.20. The Kier molecular flexibility index (Phi) is 8.43. The Hall–Kier alpha value is -3.65. The molecule has 3 N–H and O–H groups in total. The van der Waals surface area contributed by atoms with E-state index in [1.165, 1.54) is 36.0 Å². The normalized spacial score (nSPS) is 10.5. The van der Waals surface area contributed by atoms with Crippen molar-refractivity contribution in [2.75, 3.05) is 22.9 Å². The average molecular weight is 480 g/mol. The Morgan fingerprint density at radius 3 is 2.18 bits per heavy atom. The fourth-order valence-corrected chi connectivity index (χ4v) is 4.32. The van der Waals surface area contributed by atoms with Gasteiger partial charge < -0.3 is 16.0 Å². The van der Waals surface area contributed by atoms with Crippen LogP contribution >= 0.6 is 11.8 Å². The van der Waals surface area contributed by atoms with Gasteiger partial charge in [0, 0.05) is 16.3 Å². The summed E-state index contributed by atoms with van der Waals surface area (Å²) in [4.78, 5) is 38.0. The van der Waals surface area contributed by atoms with Crippen molar-refractivity contribution in [2.24, 2.45) is 0 Å². The van der Waals surface area contributed by atoms with Gasteiger partial charge in [-0.15, -0.1) is 11.8 Å². The molecule has 0 saturated heterocycles. The lowest BCUT2D eigenvalue weighted by Gasteiger charge is -2.14. The van der Waals surface area contributed by atoms with Gasteiger partial charge in [0.25, 0.3) is 5.91 Å². The largest absolute Gasteiger partial charge is 0.343 e. The summed E-state index contributed by atoms with van der Waals surface area (Å²) in [5, 5.41) is 8.18. The maximum atomic E-state index is 13.0. The third-order valence-corrected chi connectivity index (χ3v) is 6.04. The van der Waals surface area contributed by atoms with Gasteiger partial charge in [0.15, 0.2) is 0 Å². The molecule has 0 aliphatic heterocycles. The molecule has 0 spiro atoms. The van der Waals surface area contributed by atoms with Gasteiger partial charge in [0.2, 0.25) is 11.8 Å². The van der Waals surface area contributed by atoms with Gasteiger partial charge in [0.1, 0.15) is 5.82 Å². The summed E-state index contributed by atoms with van der Waals surface area (Å²) in [6.07, 6.45) is 0. The van der Waals surface area contributed by atoms with Crippen LogP contribution in [0.25, 0.3) is 0 Å². The number of amides is 3. The standard InChI is InChI=1S/C26H26FN3O3S/c1-16-12-17(2)25(18(3)13-16)30-23(31)14-28-26(33)21-6-4-5-7-22(21)34-15-24(32)29-20-10-8-19(27)9-11-20/h4-13H,14-15H2,1-3H3,(H,28,33)(H,29,32)(H,30,31). The monoisotopic (exact) mass is 479 g/mol. The molecule has 0 heterocycles. The van der Waals surface area contributed by atoms with Crippen molar-refractivity contribution in [3.63, 3.8) is 0 Å². The van der Waals surface area contributed by atoms with Crippen LogP contribution in [0.1, 0.15) is 27.0 Å². The Morgan fingerprint density at radius 1 is 0.853 bits per heavy atom. The first-order chi connectivity index (χ1) is 16.2.